The molecule has 1 atom stereocenters. The molecule has 0 aliphatic rings. The van der Waals surface area contributed by atoms with Crippen molar-refractivity contribution >= 4 is 17.0 Å². The number of benzene rings is 1. The first kappa shape index (κ1) is 13.9. The van der Waals surface area contributed by atoms with E-state index in [9.17, 15) is 0 Å². The summed E-state index contributed by atoms with van der Waals surface area (Å²) in [5, 5.41) is 2.11. The van der Waals surface area contributed by atoms with Crippen LogP contribution in [-0.4, -0.2) is 19.1 Å². The van der Waals surface area contributed by atoms with Crippen molar-refractivity contribution in [2.45, 2.75) is 19.5 Å². The van der Waals surface area contributed by atoms with Gasteiger partial charge in [-0.1, -0.05) is 6.07 Å². The number of nitrogens with two attached hydrogens (primary N) is 1. The molecule has 0 fully saturated rings. The Kier molecular flexibility index (Phi) is 4.45. The second-order valence-electron chi connectivity index (χ2n) is 4.67. The normalized spacial score (nSPS) is 12.6. The van der Waals surface area contributed by atoms with E-state index in [1.165, 1.54) is 4.88 Å². The van der Waals surface area contributed by atoms with Crippen molar-refractivity contribution in [1.29, 1.82) is 0 Å². The van der Waals surface area contributed by atoms with Crippen LogP contribution in [0.25, 0.3) is 0 Å². The van der Waals surface area contributed by atoms with E-state index in [-0.39, 0.29) is 0 Å². The SMILES string of the molecule is COc1ccc(N)c(CN(C)C(C)c2cccs2)c1. The van der Waals surface area contributed by atoms with Crippen molar-refractivity contribution in [1.82, 2.24) is 4.90 Å². The van der Waals surface area contributed by atoms with Crippen molar-refractivity contribution in [3.8, 4) is 5.75 Å². The van der Waals surface area contributed by atoms with Gasteiger partial charge in [-0.3, -0.25) is 4.90 Å². The predicted octanol–water partition coefficient (Wildman–Crippen LogP) is 3.53. The Labute approximate surface area is 118 Å². The molecular formula is C15H20N2OS. The Morgan fingerprint density at radius 1 is 1.37 bits per heavy atom. The number of hydrogen-bond donors (Lipinski definition) is 1. The second-order valence-corrected chi connectivity index (χ2v) is 5.65. The van der Waals surface area contributed by atoms with E-state index in [4.69, 9.17) is 10.5 Å². The maximum atomic E-state index is 6.03. The summed E-state index contributed by atoms with van der Waals surface area (Å²) in [5.74, 6) is 0.848. The van der Waals surface area contributed by atoms with Crippen LogP contribution in [0.5, 0.6) is 5.75 Å². The fourth-order valence-corrected chi connectivity index (χ4v) is 2.85. The third kappa shape index (κ3) is 3.28. The number of nitrogen functional groups attached to an aromatic ring is 1. The smallest absolute Gasteiger partial charge is 0.119 e. The molecule has 19 heavy (non-hydrogen) atoms. The highest BCUT2D eigenvalue weighted by Gasteiger charge is 2.14. The zero-order chi connectivity index (χ0) is 13.8. The van der Waals surface area contributed by atoms with Crippen LogP contribution in [0.1, 0.15) is 23.4 Å². The van der Waals surface area contributed by atoms with Crippen molar-refractivity contribution in [3.63, 3.8) is 0 Å². The van der Waals surface area contributed by atoms with Gasteiger partial charge in [-0.15, -0.1) is 11.3 Å². The van der Waals surface area contributed by atoms with Crippen LogP contribution in [0, 0.1) is 0 Å². The van der Waals surface area contributed by atoms with Crippen LogP contribution in [0.2, 0.25) is 0 Å². The molecule has 0 spiro atoms. The Morgan fingerprint density at radius 3 is 2.79 bits per heavy atom. The molecule has 0 saturated carbocycles. The highest BCUT2D eigenvalue weighted by Crippen LogP contribution is 2.27. The highest BCUT2D eigenvalue weighted by molar-refractivity contribution is 7.10. The van der Waals surface area contributed by atoms with Gasteiger partial charge < -0.3 is 10.5 Å². The third-order valence-corrected chi connectivity index (χ3v) is 4.43. The fourth-order valence-electron chi connectivity index (χ4n) is 2.00. The second kappa shape index (κ2) is 6.08. The molecule has 2 rings (SSSR count). The maximum absolute atomic E-state index is 6.03. The lowest BCUT2D eigenvalue weighted by Crippen LogP contribution is -2.21. The first-order valence-electron chi connectivity index (χ1n) is 6.28. The van der Waals surface area contributed by atoms with Crippen molar-refractivity contribution in [2.75, 3.05) is 19.9 Å². The highest BCUT2D eigenvalue weighted by atomic mass is 32.1. The molecule has 4 heteroatoms. The Balaban J connectivity index is 2.12. The van der Waals surface area contributed by atoms with Gasteiger partial charge in [-0.25, -0.2) is 0 Å². The van der Waals surface area contributed by atoms with Gasteiger partial charge in [0.25, 0.3) is 0 Å². The lowest BCUT2D eigenvalue weighted by atomic mass is 10.1. The number of rotatable bonds is 5. The molecule has 1 aromatic heterocycles. The van der Waals surface area contributed by atoms with Gasteiger partial charge in [-0.05, 0) is 49.2 Å². The van der Waals surface area contributed by atoms with Gasteiger partial charge in [0.15, 0.2) is 0 Å². The van der Waals surface area contributed by atoms with Crippen molar-refractivity contribution in [2.24, 2.45) is 0 Å². The number of ether oxygens (including phenoxy) is 1. The molecule has 1 aromatic carbocycles. The predicted molar refractivity (Wildman–Crippen MR) is 81.6 cm³/mol. The summed E-state index contributed by atoms with van der Waals surface area (Å²) in [6.45, 7) is 3.02. The summed E-state index contributed by atoms with van der Waals surface area (Å²) in [5.41, 5.74) is 7.94. The molecule has 1 heterocycles. The number of nitrogens with zero attached hydrogens (tertiary/aromatic N) is 1. The van der Waals surface area contributed by atoms with Gasteiger partial charge in [0.05, 0.1) is 7.11 Å². The van der Waals surface area contributed by atoms with Crippen LogP contribution in [0.15, 0.2) is 35.7 Å². The van der Waals surface area contributed by atoms with E-state index in [2.05, 4.69) is 36.4 Å². The van der Waals surface area contributed by atoms with E-state index in [0.29, 0.717) is 6.04 Å². The Bertz CT molecular complexity index is 525. The minimum Gasteiger partial charge on any atom is -0.497 e. The van der Waals surface area contributed by atoms with Crippen LogP contribution in [0.3, 0.4) is 0 Å². The zero-order valence-corrected chi connectivity index (χ0v) is 12.4. The molecule has 102 valence electrons. The van der Waals surface area contributed by atoms with Gasteiger partial charge in [0.2, 0.25) is 0 Å². The van der Waals surface area contributed by atoms with Crippen LogP contribution in [0.4, 0.5) is 5.69 Å². The lowest BCUT2D eigenvalue weighted by Gasteiger charge is -2.24. The minimum absolute atomic E-state index is 0.380. The number of methoxy groups -OCH3 is 1. The molecule has 2 N–H and O–H groups in total. The van der Waals surface area contributed by atoms with Crippen LogP contribution in [-0.2, 0) is 6.54 Å². The summed E-state index contributed by atoms with van der Waals surface area (Å²) in [6, 6.07) is 10.4. The van der Waals surface area contributed by atoms with Gasteiger partial charge in [-0.2, -0.15) is 0 Å². The largest absolute Gasteiger partial charge is 0.497 e. The number of hydrogen-bond acceptors (Lipinski definition) is 4. The van der Waals surface area contributed by atoms with Crippen LogP contribution < -0.4 is 10.5 Å². The molecule has 0 radical (unpaired) electrons. The van der Waals surface area contributed by atoms with Gasteiger partial charge in [0, 0.05) is 23.2 Å². The van der Waals surface area contributed by atoms with Crippen molar-refractivity contribution in [3.05, 3.63) is 46.2 Å². The third-order valence-electron chi connectivity index (χ3n) is 3.39. The summed E-state index contributed by atoms with van der Waals surface area (Å²) < 4.78 is 5.25. The van der Waals surface area contributed by atoms with Crippen LogP contribution >= 0.6 is 11.3 Å². The molecule has 0 aliphatic carbocycles. The van der Waals surface area contributed by atoms with E-state index >= 15 is 0 Å². The first-order valence-corrected chi connectivity index (χ1v) is 7.16. The van der Waals surface area contributed by atoms with Gasteiger partial charge in [0.1, 0.15) is 5.75 Å². The molecule has 2 aromatic rings. The first-order chi connectivity index (χ1) is 9.11. The molecule has 0 bridgehead atoms. The average Bonchev–Trinajstić information content (AvgIpc) is 2.94. The van der Waals surface area contributed by atoms with Gasteiger partial charge >= 0.3 is 0 Å². The summed E-state index contributed by atoms with van der Waals surface area (Å²) in [4.78, 5) is 3.65. The molecular weight excluding hydrogens is 256 g/mol. The van der Waals surface area contributed by atoms with E-state index in [1.807, 2.05) is 18.2 Å². The van der Waals surface area contributed by atoms with Crippen molar-refractivity contribution < 1.29 is 4.74 Å². The molecule has 0 aliphatic heterocycles. The zero-order valence-electron chi connectivity index (χ0n) is 11.6. The summed E-state index contributed by atoms with van der Waals surface area (Å²) in [7, 11) is 3.79. The molecule has 1 unspecified atom stereocenters. The topological polar surface area (TPSA) is 38.5 Å². The molecule has 0 saturated heterocycles. The average molecular weight is 276 g/mol. The minimum atomic E-state index is 0.380. The Morgan fingerprint density at radius 2 is 2.16 bits per heavy atom. The fraction of sp³-hybridized carbons (Fsp3) is 0.333. The number of thiophene rings is 1. The Hall–Kier alpha value is -1.52. The number of anilines is 1. The summed E-state index contributed by atoms with van der Waals surface area (Å²) in [6.07, 6.45) is 0. The molecule has 3 nitrogen and oxygen atoms in total. The van der Waals surface area contributed by atoms with E-state index in [0.717, 1.165) is 23.5 Å². The monoisotopic (exact) mass is 276 g/mol. The standard InChI is InChI=1S/C15H20N2OS/c1-11(15-5-4-8-19-15)17(2)10-12-9-13(18-3)6-7-14(12)16/h4-9,11H,10,16H2,1-3H3. The quantitative estimate of drug-likeness (QED) is 0.849. The summed E-state index contributed by atoms with van der Waals surface area (Å²) >= 11 is 1.78. The lowest BCUT2D eigenvalue weighted by molar-refractivity contribution is 0.256. The molecule has 0 amide bonds. The maximum Gasteiger partial charge on any atom is 0.119 e. The van der Waals surface area contributed by atoms with E-state index in [1.54, 1.807) is 18.4 Å². The van der Waals surface area contributed by atoms with E-state index < -0.39 is 0 Å².